The van der Waals surface area contributed by atoms with E-state index in [0.29, 0.717) is 35.6 Å². The quantitative estimate of drug-likeness (QED) is 0.446. The number of hydrogen-bond donors (Lipinski definition) is 0. The van der Waals surface area contributed by atoms with Gasteiger partial charge in [-0.3, -0.25) is 9.48 Å². The minimum absolute atomic E-state index is 0.192. The van der Waals surface area contributed by atoms with Gasteiger partial charge in [-0.2, -0.15) is 20.1 Å². The molecule has 2 aromatic heterocycles. The number of halogens is 3. The van der Waals surface area contributed by atoms with Crippen LogP contribution in [-0.4, -0.2) is 42.1 Å². The minimum Gasteiger partial charge on any atom is -0.332 e. The van der Waals surface area contributed by atoms with E-state index >= 15 is 0 Å². The highest BCUT2D eigenvalue weighted by Gasteiger charge is 2.29. The number of carbonyl (C=O) groups is 1. The zero-order valence-electron chi connectivity index (χ0n) is 17.9. The molecule has 0 radical (unpaired) electrons. The molecule has 0 spiro atoms. The van der Waals surface area contributed by atoms with Gasteiger partial charge in [0.1, 0.15) is 0 Å². The van der Waals surface area contributed by atoms with Crippen LogP contribution < -0.4 is 0 Å². The molecule has 0 saturated carbocycles. The highest BCUT2D eigenvalue weighted by molar-refractivity contribution is 5.98. The molecule has 10 heteroatoms. The molecule has 3 heterocycles. The second-order valence-electron chi connectivity index (χ2n) is 7.97. The maximum Gasteiger partial charge on any atom is 0.256 e. The molecular formula is C23H19F3N6O. The van der Waals surface area contributed by atoms with Crippen LogP contribution in [0.4, 0.5) is 13.2 Å². The highest BCUT2D eigenvalue weighted by atomic mass is 19.2. The first-order chi connectivity index (χ1) is 15.8. The Balaban J connectivity index is 1.49. The molecule has 0 N–H and O–H groups in total. The van der Waals surface area contributed by atoms with E-state index in [1.54, 1.807) is 24.1 Å². The molecule has 0 fully saturated rings. The summed E-state index contributed by atoms with van der Waals surface area (Å²) in [6.07, 6.45) is 3.52. The van der Waals surface area contributed by atoms with Crippen LogP contribution >= 0.6 is 0 Å². The third-order valence-corrected chi connectivity index (χ3v) is 5.76. The van der Waals surface area contributed by atoms with Crippen molar-refractivity contribution < 1.29 is 18.0 Å². The van der Waals surface area contributed by atoms with Crippen LogP contribution in [0.25, 0.3) is 16.9 Å². The number of rotatable bonds is 3. The number of aryl methyl sites for hydroxylation is 2. The summed E-state index contributed by atoms with van der Waals surface area (Å²) in [6.45, 7) is 2.52. The van der Waals surface area contributed by atoms with Gasteiger partial charge in [0.05, 0.1) is 41.6 Å². The average Bonchev–Trinajstić information content (AvgIpc) is 3.43. The molecule has 4 aromatic rings. The van der Waals surface area contributed by atoms with Crippen LogP contribution in [-0.2, 0) is 20.0 Å². The number of aromatic nitrogens is 5. The second-order valence-corrected chi connectivity index (χ2v) is 7.97. The van der Waals surface area contributed by atoms with E-state index in [2.05, 4.69) is 15.3 Å². The number of carbonyl (C=O) groups excluding carboxylic acids is 1. The third-order valence-electron chi connectivity index (χ3n) is 5.76. The highest BCUT2D eigenvalue weighted by Crippen LogP contribution is 2.32. The molecule has 1 aliphatic rings. The van der Waals surface area contributed by atoms with Crippen LogP contribution in [0, 0.1) is 24.4 Å². The Labute approximate surface area is 187 Å². The van der Waals surface area contributed by atoms with Crippen LogP contribution in [0.5, 0.6) is 0 Å². The molecule has 2 aromatic carbocycles. The molecule has 33 heavy (non-hydrogen) atoms. The Hall–Kier alpha value is -3.95. The standard InChI is InChI=1S/C23H19F3N6O/c1-13-3-4-20(32-27-6-7-28-32)16(9-13)23(33)31-8-5-15-19(12-31)29-30(2)22(15)14-10-17(24)21(26)18(25)11-14/h3-4,6-7,9-11H,5,8,12H2,1-2H3. The maximum atomic E-state index is 13.8. The SMILES string of the molecule is Cc1ccc(-n2nccn2)c(C(=O)N2CCc3c(nn(C)c3-c3cc(F)c(F)c(F)c3)C2)c1. The van der Waals surface area contributed by atoms with Crippen molar-refractivity contribution in [2.75, 3.05) is 6.54 Å². The summed E-state index contributed by atoms with van der Waals surface area (Å²) in [5, 5.41) is 12.8. The first-order valence-electron chi connectivity index (χ1n) is 10.3. The van der Waals surface area contributed by atoms with E-state index in [1.807, 2.05) is 13.0 Å². The van der Waals surface area contributed by atoms with Crippen LogP contribution in [0.3, 0.4) is 0 Å². The Morgan fingerprint density at radius 1 is 1.03 bits per heavy atom. The van der Waals surface area contributed by atoms with Gasteiger partial charge in [0.15, 0.2) is 17.5 Å². The summed E-state index contributed by atoms with van der Waals surface area (Å²) in [7, 11) is 1.65. The number of hydrogen-bond acceptors (Lipinski definition) is 4. The van der Waals surface area contributed by atoms with Gasteiger partial charge in [-0.1, -0.05) is 11.6 Å². The lowest BCUT2D eigenvalue weighted by molar-refractivity contribution is 0.0732. The van der Waals surface area contributed by atoms with E-state index in [1.165, 1.54) is 21.9 Å². The zero-order chi connectivity index (χ0) is 23.3. The number of benzene rings is 2. The fourth-order valence-corrected chi connectivity index (χ4v) is 4.25. The smallest absolute Gasteiger partial charge is 0.256 e. The molecule has 1 amide bonds. The summed E-state index contributed by atoms with van der Waals surface area (Å²) in [4.78, 5) is 16.5. The normalized spacial score (nSPS) is 13.3. The molecule has 1 aliphatic heterocycles. The predicted molar refractivity (Wildman–Crippen MR) is 113 cm³/mol. The van der Waals surface area contributed by atoms with Gasteiger partial charge in [-0.05, 0) is 37.6 Å². The topological polar surface area (TPSA) is 68.8 Å². The third kappa shape index (κ3) is 3.57. The molecule has 0 unspecified atom stereocenters. The average molecular weight is 452 g/mol. The van der Waals surface area contributed by atoms with Gasteiger partial charge in [-0.25, -0.2) is 13.2 Å². The minimum atomic E-state index is -1.51. The molecule has 0 saturated heterocycles. The molecule has 168 valence electrons. The van der Waals surface area contributed by atoms with E-state index in [9.17, 15) is 18.0 Å². The molecule has 0 atom stereocenters. The first kappa shape index (κ1) is 20.9. The predicted octanol–water partition coefficient (Wildman–Crippen LogP) is 3.59. The van der Waals surface area contributed by atoms with E-state index < -0.39 is 17.5 Å². The van der Waals surface area contributed by atoms with E-state index in [4.69, 9.17) is 0 Å². The van der Waals surface area contributed by atoms with Crippen molar-refractivity contribution >= 4 is 5.91 Å². The van der Waals surface area contributed by atoms with Crippen molar-refractivity contribution in [2.45, 2.75) is 19.9 Å². The molecular weight excluding hydrogens is 433 g/mol. The lowest BCUT2D eigenvalue weighted by Gasteiger charge is -2.27. The van der Waals surface area contributed by atoms with Gasteiger partial charge >= 0.3 is 0 Å². The van der Waals surface area contributed by atoms with Crippen molar-refractivity contribution in [1.29, 1.82) is 0 Å². The van der Waals surface area contributed by atoms with Crippen molar-refractivity contribution in [1.82, 2.24) is 29.7 Å². The Morgan fingerprint density at radius 2 is 1.73 bits per heavy atom. The number of fused-ring (bicyclic) bond motifs is 1. The number of nitrogens with zero attached hydrogens (tertiary/aromatic N) is 6. The summed E-state index contributed by atoms with van der Waals surface area (Å²) < 4.78 is 42.6. The van der Waals surface area contributed by atoms with Gasteiger partial charge < -0.3 is 4.90 Å². The zero-order valence-corrected chi connectivity index (χ0v) is 17.9. The van der Waals surface area contributed by atoms with Crippen molar-refractivity contribution in [2.24, 2.45) is 7.05 Å². The molecule has 7 nitrogen and oxygen atoms in total. The molecule has 0 aliphatic carbocycles. The van der Waals surface area contributed by atoms with Crippen molar-refractivity contribution in [3.05, 3.63) is 82.6 Å². The largest absolute Gasteiger partial charge is 0.332 e. The second kappa shape index (κ2) is 7.88. The van der Waals surface area contributed by atoms with Gasteiger partial charge in [-0.15, -0.1) is 0 Å². The van der Waals surface area contributed by atoms with Crippen LogP contribution in [0.2, 0.25) is 0 Å². The summed E-state index contributed by atoms with van der Waals surface area (Å²) in [5.74, 6) is -4.21. The lowest BCUT2D eigenvalue weighted by Crippen LogP contribution is -2.36. The number of amides is 1. The Morgan fingerprint density at radius 3 is 2.42 bits per heavy atom. The lowest BCUT2D eigenvalue weighted by atomic mass is 9.98. The monoisotopic (exact) mass is 452 g/mol. The van der Waals surface area contributed by atoms with Gasteiger partial charge in [0.2, 0.25) is 0 Å². The van der Waals surface area contributed by atoms with Crippen LogP contribution in [0.1, 0.15) is 27.2 Å². The Kier molecular flexibility index (Phi) is 4.99. The van der Waals surface area contributed by atoms with Crippen LogP contribution in [0.15, 0.2) is 42.7 Å². The van der Waals surface area contributed by atoms with E-state index in [0.717, 1.165) is 23.3 Å². The fourth-order valence-electron chi connectivity index (χ4n) is 4.25. The van der Waals surface area contributed by atoms with Crippen molar-refractivity contribution in [3.8, 4) is 16.9 Å². The first-order valence-corrected chi connectivity index (χ1v) is 10.3. The Bertz CT molecular complexity index is 1360. The van der Waals surface area contributed by atoms with Gasteiger partial charge in [0.25, 0.3) is 5.91 Å². The maximum absolute atomic E-state index is 13.8. The molecule has 0 bridgehead atoms. The fraction of sp³-hybridized carbons (Fsp3) is 0.217. The van der Waals surface area contributed by atoms with Gasteiger partial charge in [0, 0.05) is 24.7 Å². The van der Waals surface area contributed by atoms with Crippen molar-refractivity contribution in [3.63, 3.8) is 0 Å². The molecule has 5 rings (SSSR count). The van der Waals surface area contributed by atoms with E-state index in [-0.39, 0.29) is 18.0 Å². The summed E-state index contributed by atoms with van der Waals surface area (Å²) in [6, 6.07) is 7.40. The summed E-state index contributed by atoms with van der Waals surface area (Å²) in [5.41, 5.74) is 4.08. The summed E-state index contributed by atoms with van der Waals surface area (Å²) >= 11 is 0.